The zero-order chi connectivity index (χ0) is 19.7. The van der Waals surface area contributed by atoms with Gasteiger partial charge >= 0.3 is 0 Å². The molecule has 0 radical (unpaired) electrons. The maximum absolute atomic E-state index is 12.5. The van der Waals surface area contributed by atoms with Gasteiger partial charge in [0.2, 0.25) is 0 Å². The summed E-state index contributed by atoms with van der Waals surface area (Å²) >= 11 is 17.9. The molecule has 2 aliphatic rings. The van der Waals surface area contributed by atoms with Crippen LogP contribution >= 0.6 is 34.8 Å². The second kappa shape index (κ2) is 8.28. The third-order valence-electron chi connectivity index (χ3n) is 5.29. The SMILES string of the molecule is O=C(CCl)N1N=C2/C(=C\c3ccc(Cl)cc3)CCC[C@@H]2[C@@H]1c1ccc(Cl)cc1. The van der Waals surface area contributed by atoms with E-state index < -0.39 is 0 Å². The van der Waals surface area contributed by atoms with E-state index in [1.165, 1.54) is 5.57 Å². The number of halogens is 3. The quantitative estimate of drug-likeness (QED) is 0.519. The second-order valence-corrected chi connectivity index (χ2v) is 8.21. The van der Waals surface area contributed by atoms with E-state index in [0.29, 0.717) is 10.0 Å². The highest BCUT2D eigenvalue weighted by atomic mass is 35.5. The molecule has 2 aromatic carbocycles. The highest BCUT2D eigenvalue weighted by Gasteiger charge is 2.43. The van der Waals surface area contributed by atoms with Gasteiger partial charge in [0.1, 0.15) is 5.88 Å². The minimum Gasteiger partial charge on any atom is -0.272 e. The number of hydrogen-bond acceptors (Lipinski definition) is 2. The van der Waals surface area contributed by atoms with E-state index >= 15 is 0 Å². The van der Waals surface area contributed by atoms with Crippen LogP contribution in [0.4, 0.5) is 0 Å². The van der Waals surface area contributed by atoms with E-state index in [9.17, 15) is 4.79 Å². The molecule has 1 aliphatic carbocycles. The van der Waals surface area contributed by atoms with Gasteiger partial charge in [0.25, 0.3) is 5.91 Å². The van der Waals surface area contributed by atoms with Crippen LogP contribution in [0.3, 0.4) is 0 Å². The first-order valence-electron chi connectivity index (χ1n) is 9.25. The van der Waals surface area contributed by atoms with Crippen molar-refractivity contribution in [3.05, 3.63) is 75.3 Å². The molecule has 0 unspecified atom stereocenters. The predicted molar refractivity (Wildman–Crippen MR) is 116 cm³/mol. The molecule has 0 N–H and O–H groups in total. The van der Waals surface area contributed by atoms with Crippen LogP contribution < -0.4 is 0 Å². The van der Waals surface area contributed by atoms with Crippen LogP contribution in [-0.4, -0.2) is 22.5 Å². The van der Waals surface area contributed by atoms with Crippen molar-refractivity contribution in [3.8, 4) is 0 Å². The third kappa shape index (κ3) is 3.84. The van der Waals surface area contributed by atoms with E-state index in [2.05, 4.69) is 6.08 Å². The van der Waals surface area contributed by atoms with Gasteiger partial charge in [-0.3, -0.25) is 4.79 Å². The Morgan fingerprint density at radius 1 is 1.07 bits per heavy atom. The molecule has 0 spiro atoms. The first kappa shape index (κ1) is 19.5. The molecule has 0 aromatic heterocycles. The lowest BCUT2D eigenvalue weighted by molar-refractivity contribution is -0.130. The van der Waals surface area contributed by atoms with Crippen molar-refractivity contribution in [3.63, 3.8) is 0 Å². The Labute approximate surface area is 179 Å². The average molecular weight is 434 g/mol. The molecular formula is C22H19Cl3N2O. The second-order valence-electron chi connectivity index (χ2n) is 7.07. The molecule has 2 aromatic rings. The Kier molecular flexibility index (Phi) is 5.77. The van der Waals surface area contributed by atoms with Gasteiger partial charge in [-0.15, -0.1) is 11.6 Å². The molecule has 3 nitrogen and oxygen atoms in total. The van der Waals surface area contributed by atoms with Crippen molar-refractivity contribution >= 4 is 52.5 Å². The highest BCUT2D eigenvalue weighted by Crippen LogP contribution is 2.44. The summed E-state index contributed by atoms with van der Waals surface area (Å²) in [5, 5.41) is 7.69. The number of carbonyl (C=O) groups is 1. The van der Waals surface area contributed by atoms with Gasteiger partial charge in [-0.2, -0.15) is 5.10 Å². The maximum Gasteiger partial charge on any atom is 0.258 e. The van der Waals surface area contributed by atoms with Gasteiger partial charge in [0, 0.05) is 16.0 Å². The molecule has 2 atom stereocenters. The third-order valence-corrected chi connectivity index (χ3v) is 6.03. The Hall–Kier alpha value is -1.81. The summed E-state index contributed by atoms with van der Waals surface area (Å²) in [6, 6.07) is 15.2. The first-order chi connectivity index (χ1) is 13.6. The number of benzene rings is 2. The van der Waals surface area contributed by atoms with Crippen molar-refractivity contribution in [1.29, 1.82) is 0 Å². The number of hydrogen-bond donors (Lipinski definition) is 0. The van der Waals surface area contributed by atoms with Crippen LogP contribution in [0, 0.1) is 5.92 Å². The van der Waals surface area contributed by atoms with Crippen molar-refractivity contribution in [2.45, 2.75) is 25.3 Å². The van der Waals surface area contributed by atoms with E-state index in [1.807, 2.05) is 48.5 Å². The number of carbonyl (C=O) groups excluding carboxylic acids is 1. The smallest absolute Gasteiger partial charge is 0.258 e. The van der Waals surface area contributed by atoms with E-state index in [0.717, 1.165) is 36.1 Å². The number of rotatable bonds is 3. The normalized spacial score (nSPS) is 22.9. The van der Waals surface area contributed by atoms with Crippen LogP contribution in [0.2, 0.25) is 10.0 Å². The van der Waals surface area contributed by atoms with Gasteiger partial charge in [-0.1, -0.05) is 47.5 Å². The molecule has 0 saturated heterocycles. The lowest BCUT2D eigenvalue weighted by Crippen LogP contribution is -2.32. The van der Waals surface area contributed by atoms with Crippen molar-refractivity contribution in [2.75, 3.05) is 5.88 Å². The molecule has 1 amide bonds. The largest absolute Gasteiger partial charge is 0.272 e. The summed E-state index contributed by atoms with van der Waals surface area (Å²) in [5.74, 6) is -0.126. The minimum absolute atomic E-state index is 0.0934. The standard InChI is InChI=1S/C22H19Cl3N2O/c23-13-20(28)27-22(15-6-10-18(25)11-7-15)19-3-1-2-16(21(19)26-27)12-14-4-8-17(24)9-5-14/h4-12,19,22H,1-3,13H2/b16-12-/t19-,22-/m0/s1. The molecule has 1 saturated carbocycles. The zero-order valence-corrected chi connectivity index (χ0v) is 17.4. The van der Waals surface area contributed by atoms with Gasteiger partial charge < -0.3 is 0 Å². The van der Waals surface area contributed by atoms with Gasteiger partial charge in [-0.05, 0) is 66.3 Å². The van der Waals surface area contributed by atoms with Crippen molar-refractivity contribution in [1.82, 2.24) is 5.01 Å². The summed E-state index contributed by atoms with van der Waals surface area (Å²) in [7, 11) is 0. The molecule has 1 heterocycles. The van der Waals surface area contributed by atoms with E-state index in [-0.39, 0.29) is 23.7 Å². The monoisotopic (exact) mass is 432 g/mol. The zero-order valence-electron chi connectivity index (χ0n) is 15.1. The fourth-order valence-electron chi connectivity index (χ4n) is 4.02. The predicted octanol–water partition coefficient (Wildman–Crippen LogP) is 6.36. The van der Waals surface area contributed by atoms with Crippen LogP contribution in [0.5, 0.6) is 0 Å². The van der Waals surface area contributed by atoms with Crippen LogP contribution in [0.15, 0.2) is 59.2 Å². The number of allylic oxidation sites excluding steroid dienone is 1. The Balaban J connectivity index is 1.73. The lowest BCUT2D eigenvalue weighted by atomic mass is 9.77. The topological polar surface area (TPSA) is 32.7 Å². The Morgan fingerprint density at radius 3 is 2.36 bits per heavy atom. The maximum atomic E-state index is 12.5. The summed E-state index contributed by atoms with van der Waals surface area (Å²) in [4.78, 5) is 12.5. The molecular weight excluding hydrogens is 415 g/mol. The first-order valence-corrected chi connectivity index (χ1v) is 10.5. The molecule has 0 bridgehead atoms. The summed E-state index contributed by atoms with van der Waals surface area (Å²) < 4.78 is 0. The van der Waals surface area contributed by atoms with Crippen LogP contribution in [-0.2, 0) is 4.79 Å². The number of alkyl halides is 1. The van der Waals surface area contributed by atoms with Crippen molar-refractivity contribution < 1.29 is 4.79 Å². The number of hydrazone groups is 1. The van der Waals surface area contributed by atoms with E-state index in [1.54, 1.807) is 5.01 Å². The van der Waals surface area contributed by atoms with Gasteiger partial charge in [0.05, 0.1) is 11.8 Å². The van der Waals surface area contributed by atoms with Crippen molar-refractivity contribution in [2.24, 2.45) is 11.0 Å². The van der Waals surface area contributed by atoms with Gasteiger partial charge in [0.15, 0.2) is 0 Å². The lowest BCUT2D eigenvalue weighted by Gasteiger charge is -2.29. The number of amides is 1. The Morgan fingerprint density at radius 2 is 1.71 bits per heavy atom. The van der Waals surface area contributed by atoms with Crippen LogP contribution in [0.1, 0.15) is 36.4 Å². The van der Waals surface area contributed by atoms with Gasteiger partial charge in [-0.25, -0.2) is 5.01 Å². The number of nitrogens with zero attached hydrogens (tertiary/aromatic N) is 2. The average Bonchev–Trinajstić information content (AvgIpc) is 3.10. The molecule has 144 valence electrons. The molecule has 4 rings (SSSR count). The Bertz CT molecular complexity index is 935. The fraction of sp³-hybridized carbons (Fsp3) is 0.273. The van der Waals surface area contributed by atoms with Crippen LogP contribution in [0.25, 0.3) is 6.08 Å². The number of fused-ring (bicyclic) bond motifs is 1. The molecule has 1 aliphatic heterocycles. The highest BCUT2D eigenvalue weighted by molar-refractivity contribution is 6.31. The van der Waals surface area contributed by atoms with E-state index in [4.69, 9.17) is 39.9 Å². The summed E-state index contributed by atoms with van der Waals surface area (Å²) in [6.45, 7) is 0. The fourth-order valence-corrected chi connectivity index (χ4v) is 4.40. The molecule has 1 fully saturated rings. The molecule has 28 heavy (non-hydrogen) atoms. The summed E-state index contributed by atoms with van der Waals surface area (Å²) in [5.41, 5.74) is 4.26. The molecule has 6 heteroatoms. The summed E-state index contributed by atoms with van der Waals surface area (Å²) in [6.07, 6.45) is 5.12. The minimum atomic E-state index is -0.186.